The van der Waals surface area contributed by atoms with Crippen LogP contribution >= 0.6 is 22.6 Å². The molecule has 0 bridgehead atoms. The molecule has 1 N–H and O–H groups in total. The van der Waals surface area contributed by atoms with Crippen LogP contribution in [0.4, 0.5) is 11.6 Å². The SMILES string of the molecule is Ic1cccc(Nc2ncc3c(n2)-c2ccccc2C=NC3)c1. The summed E-state index contributed by atoms with van der Waals surface area (Å²) in [7, 11) is 0. The topological polar surface area (TPSA) is 50.2 Å². The number of benzene rings is 2. The number of anilines is 2. The summed E-state index contributed by atoms with van der Waals surface area (Å²) >= 11 is 2.29. The lowest BCUT2D eigenvalue weighted by Gasteiger charge is -2.10. The van der Waals surface area contributed by atoms with Crippen molar-refractivity contribution in [2.75, 3.05) is 5.32 Å². The van der Waals surface area contributed by atoms with Crippen LogP contribution in [0.5, 0.6) is 0 Å². The first kappa shape index (κ1) is 14.3. The van der Waals surface area contributed by atoms with Crippen molar-refractivity contribution in [3.05, 3.63) is 69.4 Å². The van der Waals surface area contributed by atoms with Crippen LogP contribution in [0.2, 0.25) is 0 Å². The van der Waals surface area contributed by atoms with Crippen LogP contribution in [-0.2, 0) is 6.54 Å². The molecule has 0 saturated heterocycles. The Bertz CT molecular complexity index is 905. The van der Waals surface area contributed by atoms with Gasteiger partial charge in [0.25, 0.3) is 0 Å². The van der Waals surface area contributed by atoms with Gasteiger partial charge in [0.1, 0.15) is 0 Å². The van der Waals surface area contributed by atoms with Gasteiger partial charge < -0.3 is 5.32 Å². The number of hydrogen-bond acceptors (Lipinski definition) is 4. The molecular weight excluding hydrogens is 399 g/mol. The predicted molar refractivity (Wildman–Crippen MR) is 101 cm³/mol. The molecule has 23 heavy (non-hydrogen) atoms. The molecule has 0 aliphatic carbocycles. The fourth-order valence-corrected chi connectivity index (χ4v) is 3.12. The summed E-state index contributed by atoms with van der Waals surface area (Å²) in [4.78, 5) is 13.6. The first-order chi connectivity index (χ1) is 11.3. The Hall–Kier alpha value is -2.28. The Morgan fingerprint density at radius 2 is 1.96 bits per heavy atom. The van der Waals surface area contributed by atoms with E-state index in [0.717, 1.165) is 28.1 Å². The third kappa shape index (κ3) is 2.96. The van der Waals surface area contributed by atoms with E-state index in [1.807, 2.05) is 36.7 Å². The van der Waals surface area contributed by atoms with Crippen LogP contribution in [0.25, 0.3) is 11.3 Å². The van der Waals surface area contributed by atoms with E-state index in [1.54, 1.807) is 0 Å². The molecule has 0 spiro atoms. The Labute approximate surface area is 147 Å². The minimum Gasteiger partial charge on any atom is -0.324 e. The van der Waals surface area contributed by atoms with Crippen molar-refractivity contribution >= 4 is 40.4 Å². The lowest BCUT2D eigenvalue weighted by molar-refractivity contribution is 1.03. The van der Waals surface area contributed by atoms with Crippen molar-refractivity contribution in [1.82, 2.24) is 9.97 Å². The van der Waals surface area contributed by atoms with Crippen molar-refractivity contribution in [1.29, 1.82) is 0 Å². The van der Waals surface area contributed by atoms with Crippen molar-refractivity contribution in [2.24, 2.45) is 4.99 Å². The van der Waals surface area contributed by atoms with E-state index in [1.165, 1.54) is 3.57 Å². The smallest absolute Gasteiger partial charge is 0.227 e. The molecule has 0 fully saturated rings. The maximum atomic E-state index is 4.73. The molecule has 0 radical (unpaired) electrons. The molecule has 0 atom stereocenters. The maximum Gasteiger partial charge on any atom is 0.227 e. The summed E-state index contributed by atoms with van der Waals surface area (Å²) in [5.41, 5.74) is 5.15. The number of nitrogens with zero attached hydrogens (tertiary/aromatic N) is 3. The highest BCUT2D eigenvalue weighted by molar-refractivity contribution is 14.1. The van der Waals surface area contributed by atoms with Crippen LogP contribution in [0.1, 0.15) is 11.1 Å². The molecule has 3 aromatic rings. The van der Waals surface area contributed by atoms with E-state index in [4.69, 9.17) is 4.98 Å². The van der Waals surface area contributed by atoms with Gasteiger partial charge in [0, 0.05) is 38.4 Å². The lowest BCUT2D eigenvalue weighted by Crippen LogP contribution is -2.01. The highest BCUT2D eigenvalue weighted by Gasteiger charge is 2.14. The van der Waals surface area contributed by atoms with E-state index in [9.17, 15) is 0 Å². The lowest BCUT2D eigenvalue weighted by atomic mass is 10.0. The van der Waals surface area contributed by atoms with Gasteiger partial charge in [-0.15, -0.1) is 0 Å². The predicted octanol–water partition coefficient (Wildman–Crippen LogP) is 4.42. The number of rotatable bonds is 2. The quantitative estimate of drug-likeness (QED) is 0.634. The molecule has 1 aliphatic rings. The third-order valence-electron chi connectivity index (χ3n) is 3.65. The number of aromatic nitrogens is 2. The van der Waals surface area contributed by atoms with Crippen molar-refractivity contribution in [3.63, 3.8) is 0 Å². The van der Waals surface area contributed by atoms with Crippen LogP contribution in [0.3, 0.4) is 0 Å². The van der Waals surface area contributed by atoms with Crippen LogP contribution < -0.4 is 5.32 Å². The summed E-state index contributed by atoms with van der Waals surface area (Å²) in [6.45, 7) is 0.605. The molecule has 1 aromatic heterocycles. The minimum absolute atomic E-state index is 0.599. The Morgan fingerprint density at radius 3 is 2.87 bits per heavy atom. The second-order valence-electron chi connectivity index (χ2n) is 5.26. The first-order valence-corrected chi connectivity index (χ1v) is 8.35. The number of halogens is 1. The molecule has 4 nitrogen and oxygen atoms in total. The number of aliphatic imine (C=N–C) groups is 1. The molecule has 1 aliphatic heterocycles. The minimum atomic E-state index is 0.599. The van der Waals surface area contributed by atoms with Crippen molar-refractivity contribution in [2.45, 2.75) is 6.54 Å². The zero-order valence-electron chi connectivity index (χ0n) is 12.2. The molecule has 0 saturated carbocycles. The van der Waals surface area contributed by atoms with E-state index < -0.39 is 0 Å². The van der Waals surface area contributed by atoms with Gasteiger partial charge in [0.2, 0.25) is 5.95 Å². The number of fused-ring (bicyclic) bond motifs is 3. The molecule has 5 heteroatoms. The summed E-state index contributed by atoms with van der Waals surface area (Å²) < 4.78 is 1.17. The number of hydrogen-bond donors (Lipinski definition) is 1. The zero-order valence-corrected chi connectivity index (χ0v) is 14.4. The van der Waals surface area contributed by atoms with Gasteiger partial charge in [-0.2, -0.15) is 0 Å². The molecule has 2 aromatic carbocycles. The number of nitrogens with one attached hydrogen (secondary N) is 1. The van der Waals surface area contributed by atoms with Crippen LogP contribution in [0, 0.1) is 3.57 Å². The summed E-state index contributed by atoms with van der Waals surface area (Å²) in [5, 5.41) is 3.28. The van der Waals surface area contributed by atoms with E-state index in [2.05, 4.69) is 62.1 Å². The summed E-state index contributed by atoms with van der Waals surface area (Å²) in [5.74, 6) is 0.599. The van der Waals surface area contributed by atoms with Gasteiger partial charge >= 0.3 is 0 Å². The molecule has 0 amide bonds. The standard InChI is InChI=1S/C18H13IN4/c19-14-5-3-6-15(8-14)22-18-21-11-13-10-20-9-12-4-1-2-7-16(12)17(13)23-18/h1-9,11H,10H2,(H,21,22,23). The average molecular weight is 412 g/mol. The molecule has 2 heterocycles. The van der Waals surface area contributed by atoms with E-state index in [-0.39, 0.29) is 0 Å². The molecular formula is C18H13IN4. The fourth-order valence-electron chi connectivity index (χ4n) is 2.58. The maximum absolute atomic E-state index is 4.73. The largest absolute Gasteiger partial charge is 0.324 e. The summed E-state index contributed by atoms with van der Waals surface area (Å²) in [6, 6.07) is 16.3. The highest BCUT2D eigenvalue weighted by atomic mass is 127. The van der Waals surface area contributed by atoms with Crippen LogP contribution in [-0.4, -0.2) is 16.2 Å². The van der Waals surface area contributed by atoms with Gasteiger partial charge in [0.05, 0.1) is 12.2 Å². The first-order valence-electron chi connectivity index (χ1n) is 7.27. The Balaban J connectivity index is 1.76. The average Bonchev–Trinajstić information content (AvgIpc) is 2.74. The van der Waals surface area contributed by atoms with Gasteiger partial charge in [-0.3, -0.25) is 4.99 Å². The second kappa shape index (κ2) is 6.08. The molecule has 112 valence electrons. The molecule has 4 rings (SSSR count). The second-order valence-corrected chi connectivity index (χ2v) is 6.51. The molecule has 0 unspecified atom stereocenters. The Kier molecular flexibility index (Phi) is 3.78. The van der Waals surface area contributed by atoms with Gasteiger partial charge in [-0.05, 0) is 40.8 Å². The third-order valence-corrected chi connectivity index (χ3v) is 4.32. The highest BCUT2D eigenvalue weighted by Crippen LogP contribution is 2.28. The van der Waals surface area contributed by atoms with E-state index >= 15 is 0 Å². The monoisotopic (exact) mass is 412 g/mol. The van der Waals surface area contributed by atoms with Gasteiger partial charge in [-0.1, -0.05) is 30.3 Å². The van der Waals surface area contributed by atoms with Gasteiger partial charge in [0.15, 0.2) is 0 Å². The Morgan fingerprint density at radius 1 is 1.04 bits per heavy atom. The normalized spacial score (nSPS) is 12.2. The van der Waals surface area contributed by atoms with Crippen molar-refractivity contribution < 1.29 is 0 Å². The van der Waals surface area contributed by atoms with E-state index in [0.29, 0.717) is 12.5 Å². The summed E-state index contributed by atoms with van der Waals surface area (Å²) in [6.07, 6.45) is 3.77. The van der Waals surface area contributed by atoms with Gasteiger partial charge in [-0.25, -0.2) is 9.97 Å². The van der Waals surface area contributed by atoms with Crippen LogP contribution in [0.15, 0.2) is 59.7 Å². The van der Waals surface area contributed by atoms with Crippen molar-refractivity contribution in [3.8, 4) is 11.3 Å². The zero-order chi connectivity index (χ0) is 15.6. The fraction of sp³-hybridized carbons (Fsp3) is 0.0556.